The Kier molecular flexibility index (Phi) is 7.99. The van der Waals surface area contributed by atoms with Crippen LogP contribution in [0.4, 0.5) is 5.69 Å². The molecule has 1 rings (SSSR count). The molecule has 0 aliphatic rings. The van der Waals surface area contributed by atoms with Crippen molar-refractivity contribution >= 4 is 30.6 Å². The van der Waals surface area contributed by atoms with E-state index in [9.17, 15) is 0 Å². The highest BCUT2D eigenvalue weighted by atomic mass is 32.2. The van der Waals surface area contributed by atoms with Crippen LogP contribution in [0.5, 0.6) is 0 Å². The summed E-state index contributed by atoms with van der Waals surface area (Å²) >= 11 is 1.85. The summed E-state index contributed by atoms with van der Waals surface area (Å²) in [6.07, 6.45) is 2.37. The van der Waals surface area contributed by atoms with E-state index in [-0.39, 0.29) is 0 Å². The van der Waals surface area contributed by atoms with Crippen LogP contribution in [0, 0.1) is 17.4 Å². The summed E-state index contributed by atoms with van der Waals surface area (Å²) < 4.78 is 0. The van der Waals surface area contributed by atoms with Gasteiger partial charge >= 0.3 is 0 Å². The second-order valence-electron chi connectivity index (χ2n) is 7.03. The van der Waals surface area contributed by atoms with Gasteiger partial charge in [-0.2, -0.15) is 0 Å². The highest BCUT2D eigenvalue weighted by Gasteiger charge is 2.13. The van der Waals surface area contributed by atoms with Gasteiger partial charge in [-0.3, -0.25) is 0 Å². The highest BCUT2D eigenvalue weighted by molar-refractivity contribution is 8.15. The maximum atomic E-state index is 4.78. The molecule has 0 radical (unpaired) electrons. The SMILES string of the molecule is CCC(CC(C)C)SC(C#C[Si](C)(C)C)=Nc1ccccc1. The van der Waals surface area contributed by atoms with Crippen molar-refractivity contribution in [3.8, 4) is 11.5 Å². The van der Waals surface area contributed by atoms with Crippen LogP contribution < -0.4 is 0 Å². The van der Waals surface area contributed by atoms with Crippen molar-refractivity contribution < 1.29 is 0 Å². The maximum absolute atomic E-state index is 4.78. The molecule has 1 nitrogen and oxygen atoms in total. The summed E-state index contributed by atoms with van der Waals surface area (Å²) in [4.78, 5) is 4.78. The summed E-state index contributed by atoms with van der Waals surface area (Å²) in [5.74, 6) is 4.08. The summed E-state index contributed by atoms with van der Waals surface area (Å²) in [6.45, 7) is 13.6. The third-order valence-corrected chi connectivity index (χ3v) is 5.15. The lowest BCUT2D eigenvalue weighted by molar-refractivity contribution is 0.562. The molecule has 0 saturated carbocycles. The molecule has 0 aromatic heterocycles. The average Bonchev–Trinajstić information content (AvgIpc) is 2.43. The lowest BCUT2D eigenvalue weighted by Crippen LogP contribution is -2.17. The number of rotatable bonds is 5. The van der Waals surface area contributed by atoms with E-state index in [0.717, 1.165) is 17.2 Å². The van der Waals surface area contributed by atoms with Crippen molar-refractivity contribution in [1.82, 2.24) is 0 Å². The van der Waals surface area contributed by atoms with Crippen molar-refractivity contribution in [2.75, 3.05) is 0 Å². The van der Waals surface area contributed by atoms with Crippen LogP contribution in [-0.2, 0) is 0 Å². The Hall–Kier alpha value is -0.983. The Morgan fingerprint density at radius 3 is 2.32 bits per heavy atom. The van der Waals surface area contributed by atoms with E-state index in [1.165, 1.54) is 6.42 Å². The van der Waals surface area contributed by atoms with Crippen LogP contribution in [0.25, 0.3) is 0 Å². The number of benzene rings is 1. The van der Waals surface area contributed by atoms with Gasteiger partial charge in [0, 0.05) is 5.25 Å². The van der Waals surface area contributed by atoms with Gasteiger partial charge < -0.3 is 0 Å². The normalized spacial score (nSPS) is 13.7. The van der Waals surface area contributed by atoms with Crippen molar-refractivity contribution in [1.29, 1.82) is 0 Å². The Morgan fingerprint density at radius 2 is 1.82 bits per heavy atom. The molecule has 1 aromatic carbocycles. The minimum Gasteiger partial charge on any atom is -0.233 e. The van der Waals surface area contributed by atoms with Crippen LogP contribution in [-0.4, -0.2) is 18.4 Å². The van der Waals surface area contributed by atoms with Crippen LogP contribution in [0.15, 0.2) is 35.3 Å². The third-order valence-electron chi connectivity index (χ3n) is 3.00. The second kappa shape index (κ2) is 9.22. The van der Waals surface area contributed by atoms with Gasteiger partial charge in [0.1, 0.15) is 13.1 Å². The summed E-state index contributed by atoms with van der Waals surface area (Å²) in [5.41, 5.74) is 4.46. The molecular weight excluding hydrogens is 302 g/mol. The zero-order chi connectivity index (χ0) is 16.6. The van der Waals surface area contributed by atoms with Gasteiger partial charge in [-0.1, -0.05) is 70.4 Å². The first-order valence-electron chi connectivity index (χ1n) is 8.13. The number of thioether (sulfide) groups is 1. The first-order valence-corrected chi connectivity index (χ1v) is 12.5. The molecule has 0 aliphatic carbocycles. The molecule has 22 heavy (non-hydrogen) atoms. The highest BCUT2D eigenvalue weighted by Crippen LogP contribution is 2.25. The predicted molar refractivity (Wildman–Crippen MR) is 106 cm³/mol. The van der Waals surface area contributed by atoms with E-state index in [0.29, 0.717) is 11.2 Å². The topological polar surface area (TPSA) is 12.4 Å². The van der Waals surface area contributed by atoms with E-state index in [1.807, 2.05) is 42.1 Å². The van der Waals surface area contributed by atoms with Crippen LogP contribution in [0.3, 0.4) is 0 Å². The van der Waals surface area contributed by atoms with Crippen LogP contribution in [0.2, 0.25) is 19.6 Å². The molecule has 0 heterocycles. The second-order valence-corrected chi connectivity index (χ2v) is 13.1. The van der Waals surface area contributed by atoms with E-state index >= 15 is 0 Å². The van der Waals surface area contributed by atoms with Gasteiger partial charge in [0.05, 0.1) is 5.69 Å². The molecular formula is C19H29NSSi. The summed E-state index contributed by atoms with van der Waals surface area (Å²) in [5, 5.41) is 1.57. The average molecular weight is 332 g/mol. The summed E-state index contributed by atoms with van der Waals surface area (Å²) in [7, 11) is -1.39. The molecule has 0 bridgehead atoms. The first-order chi connectivity index (χ1) is 10.3. The number of nitrogens with zero attached hydrogens (tertiary/aromatic N) is 1. The smallest absolute Gasteiger partial charge is 0.146 e. The van der Waals surface area contributed by atoms with Gasteiger partial charge in [-0.15, -0.1) is 5.54 Å². The lowest BCUT2D eigenvalue weighted by Gasteiger charge is -2.16. The van der Waals surface area contributed by atoms with E-state index in [4.69, 9.17) is 4.99 Å². The lowest BCUT2D eigenvalue weighted by atomic mass is 10.1. The monoisotopic (exact) mass is 331 g/mol. The van der Waals surface area contributed by atoms with Gasteiger partial charge in [0.15, 0.2) is 0 Å². The molecule has 0 saturated heterocycles. The van der Waals surface area contributed by atoms with Crippen molar-refractivity contribution in [3.63, 3.8) is 0 Å². The molecule has 120 valence electrons. The minimum atomic E-state index is -1.39. The molecule has 0 amide bonds. The zero-order valence-electron chi connectivity index (χ0n) is 14.8. The minimum absolute atomic E-state index is 0.596. The van der Waals surface area contributed by atoms with E-state index < -0.39 is 8.07 Å². The molecule has 0 N–H and O–H groups in total. The van der Waals surface area contributed by atoms with Gasteiger partial charge in [-0.05, 0) is 36.8 Å². The van der Waals surface area contributed by atoms with Crippen LogP contribution >= 0.6 is 11.8 Å². The van der Waals surface area contributed by atoms with Crippen molar-refractivity contribution in [2.24, 2.45) is 10.9 Å². The zero-order valence-corrected chi connectivity index (χ0v) is 16.6. The molecule has 1 atom stereocenters. The number of hydrogen-bond acceptors (Lipinski definition) is 2. The number of aliphatic imine (C=N–C) groups is 1. The maximum Gasteiger partial charge on any atom is 0.146 e. The van der Waals surface area contributed by atoms with Gasteiger partial charge in [0.25, 0.3) is 0 Å². The van der Waals surface area contributed by atoms with Gasteiger partial charge in [-0.25, -0.2) is 4.99 Å². The fourth-order valence-corrected chi connectivity index (χ4v) is 3.74. The molecule has 1 unspecified atom stereocenters. The number of para-hydroxylation sites is 1. The fourth-order valence-electron chi connectivity index (χ4n) is 1.93. The van der Waals surface area contributed by atoms with Gasteiger partial charge in [0.2, 0.25) is 0 Å². The standard InChI is InChI=1S/C19H29NSSi/c1-7-18(15-16(2)3)21-19(13-14-22(4,5)6)20-17-11-9-8-10-12-17/h8-12,16,18H,7,15H2,1-6H3. The molecule has 0 aliphatic heterocycles. The molecule has 3 heteroatoms. The van der Waals surface area contributed by atoms with Crippen LogP contribution in [0.1, 0.15) is 33.6 Å². The molecule has 0 spiro atoms. The summed E-state index contributed by atoms with van der Waals surface area (Å²) in [6, 6.07) is 10.2. The third kappa shape index (κ3) is 8.46. The largest absolute Gasteiger partial charge is 0.233 e. The predicted octanol–water partition coefficient (Wildman–Crippen LogP) is 6.16. The van der Waals surface area contributed by atoms with Crippen molar-refractivity contribution in [2.45, 2.75) is 58.5 Å². The first kappa shape index (κ1) is 19.1. The molecule has 1 aromatic rings. The fraction of sp³-hybridized carbons (Fsp3) is 0.526. The Morgan fingerprint density at radius 1 is 1.18 bits per heavy atom. The van der Waals surface area contributed by atoms with E-state index in [1.54, 1.807) is 0 Å². The van der Waals surface area contributed by atoms with E-state index in [2.05, 4.69) is 51.9 Å². The number of hydrogen-bond donors (Lipinski definition) is 0. The molecule has 0 fully saturated rings. The Labute approximate surface area is 142 Å². The Bertz CT molecular complexity index is 532. The quantitative estimate of drug-likeness (QED) is 0.272. The Balaban J connectivity index is 3.00. The van der Waals surface area contributed by atoms with Crippen molar-refractivity contribution in [3.05, 3.63) is 30.3 Å².